The van der Waals surface area contributed by atoms with Crippen LogP contribution in [0.3, 0.4) is 0 Å². The second-order valence-electron chi connectivity index (χ2n) is 6.79. The number of halogens is 1. The monoisotopic (exact) mass is 372 g/mol. The Kier molecular flexibility index (Phi) is 4.07. The van der Waals surface area contributed by atoms with Gasteiger partial charge in [-0.25, -0.2) is 4.79 Å². The molecule has 2 N–H and O–H groups in total. The van der Waals surface area contributed by atoms with E-state index in [1.54, 1.807) is 6.08 Å². The van der Waals surface area contributed by atoms with E-state index in [2.05, 4.69) is 4.98 Å². The lowest BCUT2D eigenvalue weighted by molar-refractivity contribution is -0.155. The molecular weight excluding hydrogens is 356 g/mol. The molecule has 1 aromatic heterocycles. The number of carbonyl (C=O) groups excluding carboxylic acids is 2. The number of nitrogens with one attached hydrogen (secondary N) is 1. The summed E-state index contributed by atoms with van der Waals surface area (Å²) in [6, 6.07) is 8.20. The molecule has 1 aliphatic carbocycles. The van der Waals surface area contributed by atoms with E-state index >= 15 is 0 Å². The van der Waals surface area contributed by atoms with Crippen molar-refractivity contribution in [2.24, 2.45) is 11.8 Å². The van der Waals surface area contributed by atoms with Crippen LogP contribution in [0.2, 0.25) is 0 Å². The topological polar surface area (TPSA) is 90.5 Å². The highest BCUT2D eigenvalue weighted by Crippen LogP contribution is 2.40. The van der Waals surface area contributed by atoms with Crippen LogP contribution in [-0.2, 0) is 20.8 Å². The molecule has 2 aromatic rings. The lowest BCUT2D eigenvalue weighted by atomic mass is 9.85. The summed E-state index contributed by atoms with van der Waals surface area (Å²) in [5.74, 6) is -3.10. The summed E-state index contributed by atoms with van der Waals surface area (Å²) in [5, 5.41) is 11.2. The largest absolute Gasteiger partial charge is 0.480 e. The lowest BCUT2D eigenvalue weighted by Crippen LogP contribution is -2.46. The van der Waals surface area contributed by atoms with Gasteiger partial charge in [-0.15, -0.1) is 0 Å². The number of imide groups is 1. The third kappa shape index (κ3) is 2.70. The Hall–Kier alpha value is -2.60. The molecule has 2 amide bonds. The summed E-state index contributed by atoms with van der Waals surface area (Å²) in [7, 11) is 0. The van der Waals surface area contributed by atoms with Crippen molar-refractivity contribution in [1.82, 2.24) is 9.88 Å². The number of hydrogen-bond acceptors (Lipinski definition) is 3. The predicted molar refractivity (Wildman–Crippen MR) is 95.4 cm³/mol. The normalized spacial score (nSPS) is 23.9. The first-order chi connectivity index (χ1) is 12.5. The van der Waals surface area contributed by atoms with E-state index in [4.69, 9.17) is 11.6 Å². The second kappa shape index (κ2) is 6.29. The van der Waals surface area contributed by atoms with Crippen molar-refractivity contribution in [3.05, 3.63) is 47.1 Å². The highest BCUT2D eigenvalue weighted by Gasteiger charge is 2.52. The van der Waals surface area contributed by atoms with Crippen molar-refractivity contribution < 1.29 is 19.5 Å². The average Bonchev–Trinajstić information content (AvgIpc) is 3.12. The Morgan fingerprint density at radius 3 is 2.73 bits per heavy atom. The van der Waals surface area contributed by atoms with E-state index in [0.29, 0.717) is 23.6 Å². The number of carbonyl (C=O) groups is 3. The minimum atomic E-state index is -1.23. The van der Waals surface area contributed by atoms with Gasteiger partial charge < -0.3 is 10.1 Å². The van der Waals surface area contributed by atoms with Gasteiger partial charge >= 0.3 is 5.97 Å². The molecule has 6 nitrogen and oxygen atoms in total. The van der Waals surface area contributed by atoms with Crippen molar-refractivity contribution in [2.45, 2.75) is 25.3 Å². The molecule has 3 atom stereocenters. The van der Waals surface area contributed by atoms with Gasteiger partial charge in [-0.2, -0.15) is 0 Å². The maximum Gasteiger partial charge on any atom is 0.327 e. The van der Waals surface area contributed by atoms with Crippen LogP contribution in [-0.4, -0.2) is 38.8 Å². The van der Waals surface area contributed by atoms with Crippen LogP contribution in [0.25, 0.3) is 10.9 Å². The Bertz CT molecular complexity index is 915. The third-order valence-electron chi connectivity index (χ3n) is 5.20. The number of aromatic amines is 1. The quantitative estimate of drug-likeness (QED) is 0.807. The average molecular weight is 373 g/mol. The van der Waals surface area contributed by atoms with Gasteiger partial charge in [-0.05, 0) is 30.4 Å². The van der Waals surface area contributed by atoms with Crippen molar-refractivity contribution in [3.63, 3.8) is 0 Å². The van der Waals surface area contributed by atoms with Crippen molar-refractivity contribution in [2.75, 3.05) is 0 Å². The summed E-state index contributed by atoms with van der Waals surface area (Å²) in [6.07, 6.45) is 2.46. The predicted octanol–water partition coefficient (Wildman–Crippen LogP) is 2.68. The number of carboxylic acids is 1. The maximum absolute atomic E-state index is 12.7. The van der Waals surface area contributed by atoms with E-state index in [9.17, 15) is 19.5 Å². The fourth-order valence-corrected chi connectivity index (χ4v) is 4.16. The molecule has 26 heavy (non-hydrogen) atoms. The number of nitrogens with zero attached hydrogens (tertiary/aromatic N) is 1. The van der Waals surface area contributed by atoms with Crippen LogP contribution in [0.15, 0.2) is 41.4 Å². The molecule has 2 aliphatic rings. The van der Waals surface area contributed by atoms with Gasteiger partial charge in [0.2, 0.25) is 11.8 Å². The fourth-order valence-electron chi connectivity index (χ4n) is 3.90. The van der Waals surface area contributed by atoms with E-state index in [1.165, 1.54) is 0 Å². The van der Waals surface area contributed by atoms with Crippen LogP contribution in [0, 0.1) is 11.8 Å². The molecular formula is C19H17ClN2O4. The van der Waals surface area contributed by atoms with Crippen LogP contribution in [0.4, 0.5) is 0 Å². The smallest absolute Gasteiger partial charge is 0.327 e. The van der Waals surface area contributed by atoms with Crippen molar-refractivity contribution in [1.29, 1.82) is 0 Å². The SMILES string of the molecule is O=C(O)[C@H](Cc1cc2ccccc2[nH]1)N1C(=O)[C@H]2CC=C(Cl)C[C@@H]2C1=O. The van der Waals surface area contributed by atoms with Gasteiger partial charge in [-0.1, -0.05) is 35.9 Å². The van der Waals surface area contributed by atoms with Gasteiger partial charge in [0.05, 0.1) is 11.8 Å². The molecule has 0 unspecified atom stereocenters. The van der Waals surface area contributed by atoms with Gasteiger partial charge in [-0.3, -0.25) is 14.5 Å². The minimum absolute atomic E-state index is 0.0437. The number of aliphatic carboxylic acids is 1. The number of fused-ring (bicyclic) bond motifs is 2. The number of aromatic nitrogens is 1. The number of H-pyrrole nitrogens is 1. The van der Waals surface area contributed by atoms with Crippen LogP contribution < -0.4 is 0 Å². The second-order valence-corrected chi connectivity index (χ2v) is 7.28. The number of benzene rings is 1. The Morgan fingerprint density at radius 1 is 1.27 bits per heavy atom. The molecule has 7 heteroatoms. The highest BCUT2D eigenvalue weighted by molar-refractivity contribution is 6.30. The molecule has 2 heterocycles. The number of likely N-dealkylation sites (tertiary alicyclic amines) is 1. The van der Waals surface area contributed by atoms with Gasteiger partial charge in [0, 0.05) is 22.7 Å². The molecule has 4 rings (SSSR count). The number of hydrogen-bond donors (Lipinski definition) is 2. The first-order valence-electron chi connectivity index (χ1n) is 8.46. The van der Waals surface area contributed by atoms with Gasteiger partial charge in [0.15, 0.2) is 0 Å². The first-order valence-corrected chi connectivity index (χ1v) is 8.84. The maximum atomic E-state index is 12.7. The van der Waals surface area contributed by atoms with E-state index in [1.807, 2.05) is 30.3 Å². The number of allylic oxidation sites excluding steroid dienone is 2. The molecule has 0 bridgehead atoms. The standard InChI is InChI=1S/C19H17ClN2O4/c20-11-5-6-13-14(8-11)18(24)22(17(13)23)16(19(25)26)9-12-7-10-3-1-2-4-15(10)21-12/h1-5,7,13-14,16,21H,6,8-9H2,(H,25,26)/t13-,14-,16-/m0/s1. The number of amides is 2. The molecule has 0 radical (unpaired) electrons. The summed E-state index contributed by atoms with van der Waals surface area (Å²) in [4.78, 5) is 41.4. The fraction of sp³-hybridized carbons (Fsp3) is 0.316. The summed E-state index contributed by atoms with van der Waals surface area (Å²) in [6.45, 7) is 0. The highest BCUT2D eigenvalue weighted by atomic mass is 35.5. The number of carboxylic acid groups (broad SMARTS) is 1. The minimum Gasteiger partial charge on any atom is -0.480 e. The van der Waals surface area contributed by atoms with E-state index in [-0.39, 0.29) is 6.42 Å². The summed E-state index contributed by atoms with van der Waals surface area (Å²) < 4.78 is 0. The zero-order chi connectivity index (χ0) is 18.4. The zero-order valence-electron chi connectivity index (χ0n) is 13.8. The first kappa shape index (κ1) is 16.8. The number of rotatable bonds is 4. The molecule has 1 aromatic carbocycles. The van der Waals surface area contributed by atoms with Crippen LogP contribution >= 0.6 is 11.6 Å². The van der Waals surface area contributed by atoms with E-state index in [0.717, 1.165) is 15.8 Å². The lowest BCUT2D eigenvalue weighted by Gasteiger charge is -2.22. The Balaban J connectivity index is 1.63. The summed E-state index contributed by atoms with van der Waals surface area (Å²) >= 11 is 6.02. The Morgan fingerprint density at radius 2 is 2.00 bits per heavy atom. The summed E-state index contributed by atoms with van der Waals surface area (Å²) in [5.41, 5.74) is 1.56. The van der Waals surface area contributed by atoms with Crippen molar-refractivity contribution >= 4 is 40.3 Å². The van der Waals surface area contributed by atoms with E-state index < -0.39 is 35.7 Å². The Labute approximate surface area is 154 Å². The molecule has 1 aliphatic heterocycles. The van der Waals surface area contributed by atoms with Crippen molar-refractivity contribution in [3.8, 4) is 0 Å². The third-order valence-corrected chi connectivity index (χ3v) is 5.51. The van der Waals surface area contributed by atoms with Gasteiger partial charge in [0.25, 0.3) is 0 Å². The molecule has 1 fully saturated rings. The molecule has 134 valence electrons. The zero-order valence-corrected chi connectivity index (χ0v) is 14.6. The number of para-hydroxylation sites is 1. The molecule has 0 spiro atoms. The molecule has 1 saturated heterocycles. The van der Waals surface area contributed by atoms with Crippen LogP contribution in [0.5, 0.6) is 0 Å². The molecule has 0 saturated carbocycles. The van der Waals surface area contributed by atoms with Crippen LogP contribution in [0.1, 0.15) is 18.5 Å². The van der Waals surface area contributed by atoms with Gasteiger partial charge in [0.1, 0.15) is 6.04 Å².